The summed E-state index contributed by atoms with van der Waals surface area (Å²) in [6.07, 6.45) is 0.744. The van der Waals surface area contributed by atoms with Crippen molar-refractivity contribution < 1.29 is 14.4 Å². The summed E-state index contributed by atoms with van der Waals surface area (Å²) in [6.45, 7) is 3.83. The number of urea groups is 1. The van der Waals surface area contributed by atoms with Gasteiger partial charge in [-0.3, -0.25) is 14.5 Å². The Labute approximate surface area is 200 Å². The number of rotatable bonds is 8. The van der Waals surface area contributed by atoms with Crippen molar-refractivity contribution >= 4 is 17.8 Å². The van der Waals surface area contributed by atoms with Gasteiger partial charge in [0.2, 0.25) is 5.91 Å². The maximum atomic E-state index is 13.8. The summed E-state index contributed by atoms with van der Waals surface area (Å²) in [7, 11) is 0. The predicted molar refractivity (Wildman–Crippen MR) is 131 cm³/mol. The molecule has 0 bridgehead atoms. The summed E-state index contributed by atoms with van der Waals surface area (Å²) < 4.78 is 0. The summed E-state index contributed by atoms with van der Waals surface area (Å²) in [5.41, 5.74) is 0.898. The van der Waals surface area contributed by atoms with Crippen LogP contribution in [-0.2, 0) is 15.1 Å². The summed E-state index contributed by atoms with van der Waals surface area (Å²) in [4.78, 5) is 40.9. The molecule has 1 aliphatic heterocycles. The highest BCUT2D eigenvalue weighted by Gasteiger charge is 2.54. The minimum Gasteiger partial charge on any atom is -0.348 e. The second-order valence-corrected chi connectivity index (χ2v) is 8.96. The highest BCUT2D eigenvalue weighted by molar-refractivity contribution is 6.11. The second-order valence-electron chi connectivity index (χ2n) is 8.96. The number of hydrogen-bond acceptors (Lipinski definition) is 3. The Kier molecular flexibility index (Phi) is 6.77. The molecule has 1 unspecified atom stereocenters. The maximum Gasteiger partial charge on any atom is 0.326 e. The van der Waals surface area contributed by atoms with Gasteiger partial charge >= 0.3 is 6.03 Å². The molecule has 0 spiro atoms. The van der Waals surface area contributed by atoms with Crippen molar-refractivity contribution in [2.24, 2.45) is 5.92 Å². The van der Waals surface area contributed by atoms with Crippen molar-refractivity contribution in [2.45, 2.75) is 31.8 Å². The van der Waals surface area contributed by atoms with E-state index in [9.17, 15) is 14.4 Å². The zero-order valence-electron chi connectivity index (χ0n) is 19.4. The van der Waals surface area contributed by atoms with Gasteiger partial charge in [0.1, 0.15) is 6.54 Å². The molecule has 1 aliphatic rings. The van der Waals surface area contributed by atoms with E-state index in [0.29, 0.717) is 17.0 Å². The van der Waals surface area contributed by atoms with Gasteiger partial charge in [0.05, 0.1) is 6.04 Å². The molecular weight excluding hydrogens is 426 g/mol. The Morgan fingerprint density at radius 2 is 1.35 bits per heavy atom. The molecule has 1 heterocycles. The molecule has 4 amide bonds. The quantitative estimate of drug-likeness (QED) is 0.495. The fourth-order valence-corrected chi connectivity index (χ4v) is 4.47. The van der Waals surface area contributed by atoms with E-state index in [4.69, 9.17) is 0 Å². The van der Waals surface area contributed by atoms with Crippen molar-refractivity contribution in [1.82, 2.24) is 15.5 Å². The fraction of sp³-hybridized carbons (Fsp3) is 0.250. The Balaban J connectivity index is 1.60. The normalized spacial score (nSPS) is 15.8. The molecule has 0 aliphatic carbocycles. The van der Waals surface area contributed by atoms with E-state index >= 15 is 0 Å². The minimum atomic E-state index is -1.38. The van der Waals surface area contributed by atoms with Crippen LogP contribution in [0.1, 0.15) is 43.0 Å². The van der Waals surface area contributed by atoms with Gasteiger partial charge in [0.25, 0.3) is 5.91 Å². The largest absolute Gasteiger partial charge is 0.348 e. The number of nitrogens with zero attached hydrogens (tertiary/aromatic N) is 1. The van der Waals surface area contributed by atoms with Crippen LogP contribution in [-0.4, -0.2) is 29.3 Å². The van der Waals surface area contributed by atoms with Gasteiger partial charge in [0.15, 0.2) is 5.54 Å². The van der Waals surface area contributed by atoms with E-state index < -0.39 is 17.5 Å². The first-order valence-corrected chi connectivity index (χ1v) is 11.5. The number of hydrogen-bond donors (Lipinski definition) is 2. The van der Waals surface area contributed by atoms with Crippen LogP contribution in [0.15, 0.2) is 91.0 Å². The summed E-state index contributed by atoms with van der Waals surface area (Å²) in [5.74, 6) is -0.494. The van der Waals surface area contributed by atoms with Crippen molar-refractivity contribution in [3.63, 3.8) is 0 Å². The zero-order valence-corrected chi connectivity index (χ0v) is 19.4. The second kappa shape index (κ2) is 9.91. The molecule has 3 aromatic carbocycles. The first-order chi connectivity index (χ1) is 16.4. The number of carbonyl (C=O) groups excluding carboxylic acids is 3. The van der Waals surface area contributed by atoms with Crippen LogP contribution in [0.3, 0.4) is 0 Å². The van der Waals surface area contributed by atoms with Crippen LogP contribution in [0.5, 0.6) is 0 Å². The third kappa shape index (κ3) is 4.57. The van der Waals surface area contributed by atoms with Gasteiger partial charge in [-0.1, -0.05) is 105 Å². The molecule has 1 fully saturated rings. The van der Waals surface area contributed by atoms with Crippen molar-refractivity contribution in [3.05, 3.63) is 108 Å². The molecule has 34 heavy (non-hydrogen) atoms. The fourth-order valence-electron chi connectivity index (χ4n) is 4.47. The van der Waals surface area contributed by atoms with Crippen LogP contribution in [0.4, 0.5) is 4.79 Å². The lowest BCUT2D eigenvalue weighted by atomic mass is 9.82. The lowest BCUT2D eigenvalue weighted by Gasteiger charge is -2.28. The molecular formula is C28H29N3O3. The highest BCUT2D eigenvalue weighted by atomic mass is 16.2. The van der Waals surface area contributed by atoms with Crippen LogP contribution in [0.2, 0.25) is 0 Å². The third-order valence-corrected chi connectivity index (χ3v) is 6.07. The van der Waals surface area contributed by atoms with Crippen molar-refractivity contribution in [3.8, 4) is 0 Å². The number of amides is 4. The molecule has 174 valence electrons. The van der Waals surface area contributed by atoms with Crippen molar-refractivity contribution in [1.29, 1.82) is 0 Å². The van der Waals surface area contributed by atoms with Crippen LogP contribution in [0.25, 0.3) is 0 Å². The predicted octanol–water partition coefficient (Wildman–Crippen LogP) is 4.39. The molecule has 0 aromatic heterocycles. The van der Waals surface area contributed by atoms with E-state index in [2.05, 4.69) is 24.5 Å². The van der Waals surface area contributed by atoms with Gasteiger partial charge in [-0.2, -0.15) is 0 Å². The molecule has 1 saturated heterocycles. The zero-order chi connectivity index (χ0) is 24.1. The standard InChI is InChI=1S/C28H29N3O3/c1-20(2)18-24(21-12-6-3-7-13-21)29-25(32)19-31-26(33)28(30-27(31)34,22-14-8-4-9-15-22)23-16-10-5-11-17-23/h3-17,20,24H,18-19H2,1-2H3,(H,29,32)(H,30,34). The average Bonchev–Trinajstić information content (AvgIpc) is 3.10. The Bertz CT molecular complexity index is 1110. The van der Waals surface area contributed by atoms with Gasteiger partial charge in [-0.25, -0.2) is 4.79 Å². The molecule has 3 aromatic rings. The summed E-state index contributed by atoms with van der Waals surface area (Å²) in [5, 5.41) is 5.91. The van der Waals surface area contributed by atoms with E-state index in [-0.39, 0.29) is 18.5 Å². The van der Waals surface area contributed by atoms with Gasteiger partial charge < -0.3 is 10.6 Å². The number of carbonyl (C=O) groups is 3. The van der Waals surface area contributed by atoms with E-state index in [1.165, 1.54) is 0 Å². The first kappa shape index (κ1) is 23.2. The molecule has 2 N–H and O–H groups in total. The summed E-state index contributed by atoms with van der Waals surface area (Å²) in [6, 6.07) is 27.2. The molecule has 6 nitrogen and oxygen atoms in total. The molecule has 4 rings (SSSR count). The smallest absolute Gasteiger partial charge is 0.326 e. The summed E-state index contributed by atoms with van der Waals surface area (Å²) >= 11 is 0. The van der Waals surface area contributed by atoms with Gasteiger partial charge in [-0.05, 0) is 29.0 Å². The SMILES string of the molecule is CC(C)CC(NC(=O)CN1C(=O)NC(c2ccccc2)(c2ccccc2)C1=O)c1ccccc1. The van der Waals surface area contributed by atoms with Gasteiger partial charge in [-0.15, -0.1) is 0 Å². The average molecular weight is 456 g/mol. The Morgan fingerprint density at radius 3 is 1.85 bits per heavy atom. The number of nitrogens with one attached hydrogen (secondary N) is 2. The lowest BCUT2D eigenvalue weighted by Crippen LogP contribution is -2.46. The first-order valence-electron chi connectivity index (χ1n) is 11.5. The molecule has 0 saturated carbocycles. The molecule has 1 atom stereocenters. The Morgan fingerprint density at radius 1 is 0.853 bits per heavy atom. The molecule has 0 radical (unpaired) electrons. The topological polar surface area (TPSA) is 78.5 Å². The van der Waals surface area contributed by atoms with Crippen LogP contribution in [0, 0.1) is 5.92 Å². The monoisotopic (exact) mass is 455 g/mol. The van der Waals surface area contributed by atoms with Crippen LogP contribution < -0.4 is 10.6 Å². The highest BCUT2D eigenvalue weighted by Crippen LogP contribution is 2.36. The van der Waals surface area contributed by atoms with E-state index in [1.54, 1.807) is 0 Å². The van der Waals surface area contributed by atoms with E-state index in [0.717, 1.165) is 16.9 Å². The maximum absolute atomic E-state index is 13.8. The third-order valence-electron chi connectivity index (χ3n) is 6.07. The lowest BCUT2D eigenvalue weighted by molar-refractivity contribution is -0.134. The van der Waals surface area contributed by atoms with Crippen LogP contribution >= 0.6 is 0 Å². The van der Waals surface area contributed by atoms with Crippen molar-refractivity contribution in [2.75, 3.05) is 6.54 Å². The van der Waals surface area contributed by atoms with E-state index in [1.807, 2.05) is 91.0 Å². The molecule has 6 heteroatoms. The van der Waals surface area contributed by atoms with Gasteiger partial charge in [0, 0.05) is 0 Å². The minimum absolute atomic E-state index is 0.206. The Hall–Kier alpha value is -3.93. The number of imide groups is 1. The number of benzene rings is 3.